The molecule has 1 aromatic heterocycles. The van der Waals surface area contributed by atoms with Crippen molar-refractivity contribution in [1.29, 1.82) is 0 Å². The van der Waals surface area contributed by atoms with Crippen molar-refractivity contribution < 1.29 is 39.6 Å². The van der Waals surface area contributed by atoms with Crippen molar-refractivity contribution in [3.05, 3.63) is 47.0 Å². The summed E-state index contributed by atoms with van der Waals surface area (Å²) < 4.78 is 107. The van der Waals surface area contributed by atoms with Crippen LogP contribution >= 0.6 is 0 Å². The molecule has 0 radical (unpaired) electrons. The van der Waals surface area contributed by atoms with Gasteiger partial charge in [-0.25, -0.2) is 26.3 Å². The van der Waals surface area contributed by atoms with E-state index >= 15 is 0 Å². The highest BCUT2D eigenvalue weighted by atomic mass is 32.2. The third kappa shape index (κ3) is 5.52. The van der Waals surface area contributed by atoms with Gasteiger partial charge in [0, 0.05) is 49.1 Å². The van der Waals surface area contributed by atoms with E-state index in [-0.39, 0.29) is 41.1 Å². The third-order valence-electron chi connectivity index (χ3n) is 5.58. The molecular formula is C20H21F6N3O3S. The molecule has 1 aliphatic heterocycles. The summed E-state index contributed by atoms with van der Waals surface area (Å²) in [5.74, 6) is -6.25. The molecule has 182 valence electrons. The third-order valence-corrected chi connectivity index (χ3v) is 7.12. The van der Waals surface area contributed by atoms with Crippen LogP contribution in [0.5, 0.6) is 0 Å². The first-order valence-electron chi connectivity index (χ1n) is 9.92. The zero-order chi connectivity index (χ0) is 24.7. The number of anilines is 1. The molecule has 0 bridgehead atoms. The number of nitrogens with one attached hydrogen (secondary N) is 2. The molecule has 1 aromatic carbocycles. The Labute approximate surface area is 186 Å². The molecule has 2 heterocycles. The van der Waals surface area contributed by atoms with Gasteiger partial charge >= 0.3 is 6.18 Å². The Bertz CT molecular complexity index is 1150. The van der Waals surface area contributed by atoms with E-state index in [9.17, 15) is 39.6 Å². The monoisotopic (exact) mass is 497 g/mol. The van der Waals surface area contributed by atoms with Crippen LogP contribution < -0.4 is 10.0 Å². The van der Waals surface area contributed by atoms with Crippen LogP contribution in [0.25, 0.3) is 0 Å². The molecule has 2 unspecified atom stereocenters. The van der Waals surface area contributed by atoms with Crippen LogP contribution in [0.15, 0.2) is 23.2 Å². The lowest BCUT2D eigenvalue weighted by Crippen LogP contribution is -2.38. The minimum Gasteiger partial charge on any atom is -0.345 e. The molecule has 0 saturated heterocycles. The number of benzene rings is 1. The highest BCUT2D eigenvalue weighted by Crippen LogP contribution is 2.32. The first-order valence-corrected chi connectivity index (χ1v) is 11.4. The lowest BCUT2D eigenvalue weighted by Gasteiger charge is -2.23. The first-order chi connectivity index (χ1) is 15.2. The van der Waals surface area contributed by atoms with E-state index in [1.807, 2.05) is 0 Å². The number of hydrogen-bond acceptors (Lipinski definition) is 3. The van der Waals surface area contributed by atoms with Crippen LogP contribution in [0.4, 0.5) is 32.0 Å². The van der Waals surface area contributed by atoms with Crippen LogP contribution in [-0.4, -0.2) is 31.1 Å². The fourth-order valence-corrected chi connectivity index (χ4v) is 5.55. The number of sulfonamides is 1. The van der Waals surface area contributed by atoms with Gasteiger partial charge in [-0.2, -0.15) is 13.2 Å². The molecule has 6 nitrogen and oxygen atoms in total. The number of aromatic nitrogens is 1. The van der Waals surface area contributed by atoms with Gasteiger partial charge in [0.2, 0.25) is 10.0 Å². The number of hydrogen-bond donors (Lipinski definition) is 2. The number of carbonyl (C=O) groups is 1. The minimum absolute atomic E-state index is 0.0539. The summed E-state index contributed by atoms with van der Waals surface area (Å²) in [5.41, 5.74) is -0.361. The van der Waals surface area contributed by atoms with Crippen molar-refractivity contribution in [3.8, 4) is 0 Å². The zero-order valence-electron chi connectivity index (χ0n) is 17.6. The smallest absolute Gasteiger partial charge is 0.345 e. The van der Waals surface area contributed by atoms with Crippen molar-refractivity contribution in [2.75, 3.05) is 5.32 Å². The van der Waals surface area contributed by atoms with E-state index in [1.165, 1.54) is 24.7 Å². The molecule has 0 fully saturated rings. The summed E-state index contributed by atoms with van der Waals surface area (Å²) in [6, 6.07) is 0.370. The number of amides is 1. The quantitative estimate of drug-likeness (QED) is 0.479. The number of rotatable bonds is 5. The van der Waals surface area contributed by atoms with Gasteiger partial charge in [-0.15, -0.1) is 0 Å². The van der Waals surface area contributed by atoms with Crippen molar-refractivity contribution in [1.82, 2.24) is 9.29 Å². The van der Waals surface area contributed by atoms with Crippen LogP contribution in [0, 0.1) is 23.4 Å². The lowest BCUT2D eigenvalue weighted by atomic mass is 9.92. The van der Waals surface area contributed by atoms with Crippen LogP contribution in [0.2, 0.25) is 0 Å². The van der Waals surface area contributed by atoms with E-state index in [0.717, 1.165) is 0 Å². The van der Waals surface area contributed by atoms with Crippen molar-refractivity contribution in [2.24, 2.45) is 13.0 Å². The van der Waals surface area contributed by atoms with Gasteiger partial charge in [-0.05, 0) is 25.2 Å². The molecule has 2 atom stereocenters. The van der Waals surface area contributed by atoms with Crippen LogP contribution in [0.1, 0.15) is 42.2 Å². The van der Waals surface area contributed by atoms with Gasteiger partial charge in [0.25, 0.3) is 5.91 Å². The maximum absolute atomic E-state index is 13.5. The summed E-state index contributed by atoms with van der Waals surface area (Å²) in [6.45, 7) is 1.51. The minimum atomic E-state index is -4.37. The van der Waals surface area contributed by atoms with Gasteiger partial charge in [-0.3, -0.25) is 4.79 Å². The molecule has 3 rings (SSSR count). The molecule has 0 saturated carbocycles. The Morgan fingerprint density at radius 3 is 2.42 bits per heavy atom. The van der Waals surface area contributed by atoms with E-state index in [1.54, 1.807) is 0 Å². The Kier molecular flexibility index (Phi) is 6.85. The molecule has 1 amide bonds. The van der Waals surface area contributed by atoms with Gasteiger partial charge in [0.05, 0.1) is 0 Å². The summed E-state index contributed by atoms with van der Waals surface area (Å²) in [7, 11) is -2.76. The van der Waals surface area contributed by atoms with Crippen LogP contribution in [0.3, 0.4) is 0 Å². The fraction of sp³-hybridized carbons (Fsp3) is 0.450. The number of aryl methyl sites for hydroxylation is 1. The van der Waals surface area contributed by atoms with Crippen molar-refractivity contribution in [3.63, 3.8) is 0 Å². The highest BCUT2D eigenvalue weighted by molar-refractivity contribution is 7.89. The van der Waals surface area contributed by atoms with E-state index in [4.69, 9.17) is 0 Å². The number of fused-ring (bicyclic) bond motifs is 1. The average molecular weight is 497 g/mol. The van der Waals surface area contributed by atoms with Gasteiger partial charge in [-0.1, -0.05) is 6.92 Å². The Morgan fingerprint density at radius 2 is 1.85 bits per heavy atom. The standard InChI is InChI=1S/C20H21F6N3O3S/c1-10(5-6-20(24,25)26)15-4-3-12-16(33(31,32)28-15)9-29(2)18(12)19(30)27-11-7-13(21)17(23)14(22)8-11/h7-10,15,28H,3-6H2,1-2H3,(H,27,30). The second-order valence-corrected chi connectivity index (χ2v) is 9.72. The average Bonchev–Trinajstić information content (AvgIpc) is 2.97. The predicted octanol–water partition coefficient (Wildman–Crippen LogP) is 4.27. The molecule has 2 aromatic rings. The zero-order valence-corrected chi connectivity index (χ0v) is 18.4. The van der Waals surface area contributed by atoms with Gasteiger partial charge in [0.15, 0.2) is 17.5 Å². The summed E-state index contributed by atoms with van der Waals surface area (Å²) in [4.78, 5) is 12.6. The van der Waals surface area contributed by atoms with Gasteiger partial charge in [0.1, 0.15) is 10.6 Å². The normalized spacial score (nSPS) is 19.0. The summed E-state index contributed by atoms with van der Waals surface area (Å²) >= 11 is 0. The predicted molar refractivity (Wildman–Crippen MR) is 107 cm³/mol. The fourth-order valence-electron chi connectivity index (χ4n) is 3.85. The number of carbonyl (C=O) groups excluding carboxylic acids is 1. The van der Waals surface area contributed by atoms with Crippen molar-refractivity contribution >= 4 is 21.6 Å². The second-order valence-electron chi connectivity index (χ2n) is 8.04. The Morgan fingerprint density at radius 1 is 1.24 bits per heavy atom. The molecule has 0 spiro atoms. The van der Waals surface area contributed by atoms with Crippen LogP contribution in [-0.2, 0) is 23.5 Å². The molecule has 33 heavy (non-hydrogen) atoms. The topological polar surface area (TPSA) is 80.2 Å². The number of alkyl halides is 3. The Balaban J connectivity index is 1.87. The molecule has 1 aliphatic rings. The number of nitrogens with zero attached hydrogens (tertiary/aromatic N) is 1. The summed E-state index contributed by atoms with van der Waals surface area (Å²) in [6.07, 6.45) is -4.33. The SMILES string of the molecule is CC(CCC(F)(F)F)C1CCc2c(cn(C)c2C(=O)Nc2cc(F)c(F)c(F)c2)S(=O)(=O)N1. The largest absolute Gasteiger partial charge is 0.389 e. The molecular weight excluding hydrogens is 476 g/mol. The first kappa shape index (κ1) is 25.1. The molecule has 2 N–H and O–H groups in total. The maximum Gasteiger partial charge on any atom is 0.389 e. The highest BCUT2D eigenvalue weighted by Gasteiger charge is 2.36. The lowest BCUT2D eigenvalue weighted by molar-refractivity contribution is -0.137. The Hall–Kier alpha value is -2.54. The number of halogens is 6. The second kappa shape index (κ2) is 9.01. The molecule has 0 aliphatic carbocycles. The maximum atomic E-state index is 13.5. The van der Waals surface area contributed by atoms with E-state index in [2.05, 4.69) is 10.0 Å². The van der Waals surface area contributed by atoms with Crippen molar-refractivity contribution in [2.45, 2.75) is 49.7 Å². The van der Waals surface area contributed by atoms with E-state index in [0.29, 0.717) is 12.1 Å². The van der Waals surface area contributed by atoms with E-state index < -0.39 is 57.9 Å². The summed E-state index contributed by atoms with van der Waals surface area (Å²) in [5, 5.41) is 2.22. The molecule has 13 heteroatoms. The van der Waals surface area contributed by atoms with Gasteiger partial charge < -0.3 is 9.88 Å².